The van der Waals surface area contributed by atoms with Crippen molar-refractivity contribution >= 4 is 17.7 Å². The quantitative estimate of drug-likeness (QED) is 0.829. The number of hydrogen-bond acceptors (Lipinski definition) is 2. The molecule has 2 aromatic carbocycles. The average Bonchev–Trinajstić information content (AvgIpc) is 2.48. The SMILES string of the molecule is CC(C(=O)O)c1ccc(CSc2ccc(F)c(F)c2)cc1. The van der Waals surface area contributed by atoms with Gasteiger partial charge in [0.25, 0.3) is 0 Å². The van der Waals surface area contributed by atoms with Crippen molar-refractivity contribution in [1.82, 2.24) is 0 Å². The van der Waals surface area contributed by atoms with Crippen LogP contribution in [0.25, 0.3) is 0 Å². The maximum atomic E-state index is 13.1. The number of carboxylic acids is 1. The highest BCUT2D eigenvalue weighted by Gasteiger charge is 2.13. The first-order chi connectivity index (χ1) is 9.97. The van der Waals surface area contributed by atoms with Gasteiger partial charge in [-0.1, -0.05) is 24.3 Å². The summed E-state index contributed by atoms with van der Waals surface area (Å²) in [5, 5.41) is 8.93. The van der Waals surface area contributed by atoms with E-state index < -0.39 is 23.5 Å². The molecule has 0 aromatic heterocycles. The van der Waals surface area contributed by atoms with E-state index in [0.29, 0.717) is 10.6 Å². The summed E-state index contributed by atoms with van der Waals surface area (Å²) >= 11 is 1.39. The third-order valence-electron chi connectivity index (χ3n) is 3.15. The van der Waals surface area contributed by atoms with Crippen LogP contribution in [0.2, 0.25) is 0 Å². The molecule has 1 unspecified atom stereocenters. The molecule has 0 saturated heterocycles. The fourth-order valence-electron chi connectivity index (χ4n) is 1.78. The Kier molecular flexibility index (Phi) is 4.96. The normalized spacial score (nSPS) is 12.1. The van der Waals surface area contributed by atoms with Crippen LogP contribution >= 0.6 is 11.8 Å². The van der Waals surface area contributed by atoms with E-state index >= 15 is 0 Å². The summed E-state index contributed by atoms with van der Waals surface area (Å²) in [4.78, 5) is 11.5. The molecule has 2 nitrogen and oxygen atoms in total. The standard InChI is InChI=1S/C16H14F2O2S/c1-10(16(19)20)12-4-2-11(3-5-12)9-21-13-6-7-14(17)15(18)8-13/h2-8,10H,9H2,1H3,(H,19,20). The Balaban J connectivity index is 2.00. The van der Waals surface area contributed by atoms with E-state index in [2.05, 4.69) is 0 Å². The van der Waals surface area contributed by atoms with E-state index in [9.17, 15) is 13.6 Å². The first kappa shape index (κ1) is 15.5. The summed E-state index contributed by atoms with van der Waals surface area (Å²) in [6.45, 7) is 1.63. The Hall–Kier alpha value is -1.88. The van der Waals surface area contributed by atoms with E-state index in [1.165, 1.54) is 23.9 Å². The molecule has 21 heavy (non-hydrogen) atoms. The maximum absolute atomic E-state index is 13.1. The molecular formula is C16H14F2O2S. The van der Waals surface area contributed by atoms with Crippen molar-refractivity contribution in [3.8, 4) is 0 Å². The van der Waals surface area contributed by atoms with Gasteiger partial charge in [0.2, 0.25) is 0 Å². The van der Waals surface area contributed by atoms with E-state index in [-0.39, 0.29) is 0 Å². The first-order valence-corrected chi connectivity index (χ1v) is 7.35. The van der Waals surface area contributed by atoms with E-state index in [1.807, 2.05) is 12.1 Å². The zero-order chi connectivity index (χ0) is 15.4. The highest BCUT2D eigenvalue weighted by Crippen LogP contribution is 2.25. The highest BCUT2D eigenvalue weighted by atomic mass is 32.2. The lowest BCUT2D eigenvalue weighted by Crippen LogP contribution is -2.07. The number of carboxylic acid groups (broad SMARTS) is 1. The Morgan fingerprint density at radius 1 is 1.14 bits per heavy atom. The molecule has 0 heterocycles. The third kappa shape index (κ3) is 4.04. The van der Waals surface area contributed by atoms with Gasteiger partial charge in [-0.25, -0.2) is 8.78 Å². The van der Waals surface area contributed by atoms with Crippen molar-refractivity contribution in [3.05, 3.63) is 65.2 Å². The monoisotopic (exact) mass is 308 g/mol. The minimum atomic E-state index is -0.862. The van der Waals surface area contributed by atoms with Gasteiger partial charge in [-0.2, -0.15) is 0 Å². The molecule has 0 amide bonds. The smallest absolute Gasteiger partial charge is 0.310 e. The Bertz CT molecular complexity index is 641. The molecule has 0 aliphatic rings. The van der Waals surface area contributed by atoms with Crippen molar-refractivity contribution in [2.24, 2.45) is 0 Å². The predicted molar refractivity (Wildman–Crippen MR) is 78.4 cm³/mol. The topological polar surface area (TPSA) is 37.3 Å². The average molecular weight is 308 g/mol. The Morgan fingerprint density at radius 2 is 1.81 bits per heavy atom. The molecule has 5 heteroatoms. The fraction of sp³-hybridized carbons (Fsp3) is 0.188. The van der Waals surface area contributed by atoms with Gasteiger partial charge < -0.3 is 5.11 Å². The molecular weight excluding hydrogens is 294 g/mol. The van der Waals surface area contributed by atoms with Gasteiger partial charge in [0.05, 0.1) is 5.92 Å². The summed E-state index contributed by atoms with van der Waals surface area (Å²) < 4.78 is 25.9. The number of benzene rings is 2. The van der Waals surface area contributed by atoms with Crippen LogP contribution in [0, 0.1) is 11.6 Å². The van der Waals surface area contributed by atoms with Crippen molar-refractivity contribution in [3.63, 3.8) is 0 Å². The second kappa shape index (κ2) is 6.72. The second-order valence-electron chi connectivity index (χ2n) is 4.67. The number of rotatable bonds is 5. The predicted octanol–water partition coefficient (Wildman–Crippen LogP) is 4.45. The van der Waals surface area contributed by atoms with Crippen LogP contribution in [-0.2, 0) is 10.5 Å². The number of halogens is 2. The fourth-order valence-corrected chi connectivity index (χ4v) is 2.66. The van der Waals surface area contributed by atoms with E-state index in [0.717, 1.165) is 17.2 Å². The minimum Gasteiger partial charge on any atom is -0.481 e. The zero-order valence-electron chi connectivity index (χ0n) is 11.3. The van der Waals surface area contributed by atoms with E-state index in [1.54, 1.807) is 19.1 Å². The number of thioether (sulfide) groups is 1. The molecule has 1 atom stereocenters. The molecule has 2 aromatic rings. The van der Waals surface area contributed by atoms with Crippen molar-refractivity contribution in [2.75, 3.05) is 0 Å². The minimum absolute atomic E-state index is 0.544. The molecule has 0 bridgehead atoms. The van der Waals surface area contributed by atoms with Crippen molar-refractivity contribution < 1.29 is 18.7 Å². The molecule has 0 spiro atoms. The van der Waals surface area contributed by atoms with Gasteiger partial charge in [0, 0.05) is 10.6 Å². The first-order valence-electron chi connectivity index (χ1n) is 6.37. The number of aliphatic carboxylic acids is 1. The van der Waals surface area contributed by atoms with Crippen LogP contribution in [0.3, 0.4) is 0 Å². The molecule has 110 valence electrons. The highest BCUT2D eigenvalue weighted by molar-refractivity contribution is 7.98. The summed E-state index contributed by atoms with van der Waals surface area (Å²) in [7, 11) is 0. The van der Waals surface area contributed by atoms with Crippen LogP contribution in [0.1, 0.15) is 24.0 Å². The third-order valence-corrected chi connectivity index (χ3v) is 4.21. The van der Waals surface area contributed by atoms with Gasteiger partial charge in [0.15, 0.2) is 11.6 Å². The Labute approximate surface area is 125 Å². The van der Waals surface area contributed by atoms with Gasteiger partial charge in [0.1, 0.15) is 0 Å². The molecule has 2 rings (SSSR count). The lowest BCUT2D eigenvalue weighted by Gasteiger charge is -2.08. The number of hydrogen-bond donors (Lipinski definition) is 1. The van der Waals surface area contributed by atoms with Crippen LogP contribution in [0.4, 0.5) is 8.78 Å². The second-order valence-corrected chi connectivity index (χ2v) is 5.71. The lowest BCUT2D eigenvalue weighted by molar-refractivity contribution is -0.138. The van der Waals surface area contributed by atoms with Crippen LogP contribution in [0.15, 0.2) is 47.4 Å². The molecule has 0 radical (unpaired) electrons. The molecule has 1 N–H and O–H groups in total. The number of carbonyl (C=O) groups is 1. The summed E-state index contributed by atoms with van der Waals surface area (Å²) in [6, 6.07) is 11.1. The summed E-state index contributed by atoms with van der Waals surface area (Å²) in [5.74, 6) is -2.51. The lowest BCUT2D eigenvalue weighted by atomic mass is 10.0. The van der Waals surface area contributed by atoms with Gasteiger partial charge >= 0.3 is 5.97 Å². The molecule has 0 aliphatic heterocycles. The molecule has 0 aliphatic carbocycles. The van der Waals surface area contributed by atoms with Gasteiger partial charge in [-0.15, -0.1) is 11.8 Å². The van der Waals surface area contributed by atoms with E-state index in [4.69, 9.17) is 5.11 Å². The van der Waals surface area contributed by atoms with Gasteiger partial charge in [-0.3, -0.25) is 4.79 Å². The largest absolute Gasteiger partial charge is 0.481 e. The van der Waals surface area contributed by atoms with Crippen LogP contribution < -0.4 is 0 Å². The zero-order valence-corrected chi connectivity index (χ0v) is 12.2. The van der Waals surface area contributed by atoms with Gasteiger partial charge in [-0.05, 0) is 36.2 Å². The van der Waals surface area contributed by atoms with Crippen LogP contribution in [0.5, 0.6) is 0 Å². The molecule has 0 fully saturated rings. The maximum Gasteiger partial charge on any atom is 0.310 e. The van der Waals surface area contributed by atoms with Crippen molar-refractivity contribution in [1.29, 1.82) is 0 Å². The summed E-state index contributed by atoms with van der Waals surface area (Å²) in [5.41, 5.74) is 1.73. The van der Waals surface area contributed by atoms with Crippen LogP contribution in [-0.4, -0.2) is 11.1 Å². The van der Waals surface area contributed by atoms with Crippen molar-refractivity contribution in [2.45, 2.75) is 23.5 Å². The molecule has 0 saturated carbocycles. The Morgan fingerprint density at radius 3 is 2.38 bits per heavy atom. The summed E-state index contributed by atoms with van der Waals surface area (Å²) in [6.07, 6.45) is 0.